The lowest BCUT2D eigenvalue weighted by Crippen LogP contribution is -2.32. The van der Waals surface area contributed by atoms with Crippen molar-refractivity contribution >= 4 is 49.4 Å². The highest BCUT2D eigenvalue weighted by atomic mass is 79.9. The van der Waals surface area contributed by atoms with Gasteiger partial charge in [-0.05, 0) is 35.2 Å². The van der Waals surface area contributed by atoms with Crippen molar-refractivity contribution in [1.29, 1.82) is 0 Å². The first-order valence-corrected chi connectivity index (χ1v) is 13.6. The van der Waals surface area contributed by atoms with Crippen LogP contribution in [0.15, 0.2) is 76.0 Å². The average Bonchev–Trinajstić information content (AvgIpc) is 3.51. The van der Waals surface area contributed by atoms with Crippen molar-refractivity contribution < 1.29 is 9.18 Å². The first-order valence-electron chi connectivity index (χ1n) is 12.0. The molecule has 3 aromatic carbocycles. The highest BCUT2D eigenvalue weighted by Crippen LogP contribution is 2.38. The second kappa shape index (κ2) is 8.96. The molecule has 0 aliphatic carbocycles. The molecule has 190 valence electrons. The van der Waals surface area contributed by atoms with Crippen LogP contribution < -0.4 is 15.0 Å². The van der Waals surface area contributed by atoms with Gasteiger partial charge in [0.15, 0.2) is 5.82 Å². The number of nitrogens with zero attached hydrogens (tertiary/aromatic N) is 4. The third-order valence-corrected chi connectivity index (χ3v) is 8.18. The number of thiazole rings is 1. The number of hydrogen-bond donors (Lipinski definition) is 0. The maximum absolute atomic E-state index is 14.4. The quantitative estimate of drug-likeness (QED) is 0.280. The van der Waals surface area contributed by atoms with Crippen LogP contribution in [0.3, 0.4) is 0 Å². The fourth-order valence-corrected chi connectivity index (χ4v) is 5.96. The van der Waals surface area contributed by atoms with Gasteiger partial charge in [0.2, 0.25) is 4.96 Å². The van der Waals surface area contributed by atoms with Crippen LogP contribution in [0.5, 0.6) is 0 Å². The number of hydrogen-bond acceptors (Lipinski definition) is 5. The summed E-state index contributed by atoms with van der Waals surface area (Å²) >= 11 is 4.61. The fraction of sp³-hybridized carbons (Fsp3) is 0.172. The Bertz CT molecular complexity index is 1850. The van der Waals surface area contributed by atoms with Crippen molar-refractivity contribution in [3.05, 3.63) is 109 Å². The average molecular weight is 589 g/mol. The molecule has 3 heterocycles. The number of aromatic nitrogens is 3. The highest BCUT2D eigenvalue weighted by Gasteiger charge is 2.35. The molecule has 38 heavy (non-hydrogen) atoms. The van der Waals surface area contributed by atoms with Crippen LogP contribution in [-0.4, -0.2) is 20.5 Å². The summed E-state index contributed by atoms with van der Waals surface area (Å²) < 4.78 is 16.7. The van der Waals surface area contributed by atoms with Crippen molar-refractivity contribution in [3.63, 3.8) is 0 Å². The monoisotopic (exact) mass is 588 g/mol. The first kappa shape index (κ1) is 24.6. The number of amides is 1. The summed E-state index contributed by atoms with van der Waals surface area (Å²) in [5.74, 6) is -0.299. The van der Waals surface area contributed by atoms with E-state index < -0.39 is 11.4 Å². The molecule has 0 bridgehead atoms. The van der Waals surface area contributed by atoms with Gasteiger partial charge < -0.3 is 4.90 Å². The molecule has 0 N–H and O–H groups in total. The lowest BCUT2D eigenvalue weighted by atomic mass is 9.87. The normalized spacial score (nSPS) is 15.0. The molecular weight excluding hydrogens is 567 g/mol. The van der Waals surface area contributed by atoms with E-state index in [4.69, 9.17) is 0 Å². The van der Waals surface area contributed by atoms with Crippen molar-refractivity contribution in [2.24, 2.45) is 0 Å². The predicted molar refractivity (Wildman–Crippen MR) is 151 cm³/mol. The standard InChI is InChI=1S/C29H22BrFN4O2S/c1-29(2,3)18-10-8-16(9-11-18)25-32-28-35(33-25)27(37)24(38-28)23-20-14-19(30)12-13-22(20)34(26(23)36)15-17-6-4-5-7-21(17)31/h4-14H,15H2,1-3H3/b24-23-. The van der Waals surface area contributed by atoms with Gasteiger partial charge in [-0.1, -0.05) is 90.5 Å². The molecule has 0 fully saturated rings. The number of rotatable bonds is 3. The van der Waals surface area contributed by atoms with Gasteiger partial charge in [-0.2, -0.15) is 9.50 Å². The lowest BCUT2D eigenvalue weighted by molar-refractivity contribution is -0.113. The number of fused-ring (bicyclic) bond motifs is 2. The van der Waals surface area contributed by atoms with Crippen LogP contribution in [0.4, 0.5) is 10.1 Å². The topological polar surface area (TPSA) is 67.6 Å². The summed E-state index contributed by atoms with van der Waals surface area (Å²) in [4.78, 5) is 33.7. The summed E-state index contributed by atoms with van der Waals surface area (Å²) in [5.41, 5.74) is 3.51. The van der Waals surface area contributed by atoms with E-state index in [1.54, 1.807) is 24.3 Å². The maximum Gasteiger partial charge on any atom is 0.291 e. The molecule has 1 aliphatic rings. The number of benzene rings is 3. The molecule has 0 saturated heterocycles. The van der Waals surface area contributed by atoms with E-state index in [9.17, 15) is 14.0 Å². The third kappa shape index (κ3) is 4.06. The van der Waals surface area contributed by atoms with E-state index in [0.29, 0.717) is 27.6 Å². The van der Waals surface area contributed by atoms with E-state index in [2.05, 4.69) is 46.8 Å². The van der Waals surface area contributed by atoms with Crippen LogP contribution in [0, 0.1) is 5.82 Å². The summed E-state index contributed by atoms with van der Waals surface area (Å²) in [7, 11) is 0. The molecule has 1 aliphatic heterocycles. The summed E-state index contributed by atoms with van der Waals surface area (Å²) in [6.07, 6.45) is 0. The molecule has 9 heteroatoms. The molecule has 0 spiro atoms. The van der Waals surface area contributed by atoms with Crippen molar-refractivity contribution in [2.75, 3.05) is 4.90 Å². The Morgan fingerprint density at radius 3 is 2.42 bits per heavy atom. The van der Waals surface area contributed by atoms with E-state index in [1.165, 1.54) is 21.0 Å². The van der Waals surface area contributed by atoms with Gasteiger partial charge in [-0.25, -0.2) is 4.39 Å². The van der Waals surface area contributed by atoms with E-state index >= 15 is 0 Å². The largest absolute Gasteiger partial charge is 0.303 e. The predicted octanol–water partition coefficient (Wildman–Crippen LogP) is 5.48. The van der Waals surface area contributed by atoms with Crippen LogP contribution >= 0.6 is 27.3 Å². The minimum absolute atomic E-state index is 0.0219. The van der Waals surface area contributed by atoms with Crippen molar-refractivity contribution in [3.8, 4) is 11.4 Å². The lowest BCUT2D eigenvalue weighted by Gasteiger charge is -2.18. The van der Waals surface area contributed by atoms with E-state index in [0.717, 1.165) is 21.4 Å². The maximum atomic E-state index is 14.4. The Morgan fingerprint density at radius 1 is 1.00 bits per heavy atom. The van der Waals surface area contributed by atoms with Crippen LogP contribution in [0.25, 0.3) is 21.9 Å². The first-order chi connectivity index (χ1) is 18.1. The van der Waals surface area contributed by atoms with Gasteiger partial charge in [-0.3, -0.25) is 9.59 Å². The number of halogens is 2. The Kier molecular flexibility index (Phi) is 5.81. The number of anilines is 1. The smallest absolute Gasteiger partial charge is 0.291 e. The van der Waals surface area contributed by atoms with Crippen molar-refractivity contribution in [2.45, 2.75) is 32.7 Å². The summed E-state index contributed by atoms with van der Waals surface area (Å²) in [6.45, 7) is 6.49. The zero-order valence-corrected chi connectivity index (χ0v) is 23.2. The number of carbonyl (C=O) groups is 1. The fourth-order valence-electron chi connectivity index (χ4n) is 4.60. The van der Waals surface area contributed by atoms with Gasteiger partial charge in [-0.15, -0.1) is 5.10 Å². The van der Waals surface area contributed by atoms with Gasteiger partial charge in [0.25, 0.3) is 11.5 Å². The number of carbonyl (C=O) groups excluding carboxylic acids is 1. The Hall–Kier alpha value is -3.69. The SMILES string of the molecule is CC(C)(C)c1ccc(-c2nc3s/c(=C4\C(=O)N(Cc5ccccc5F)c5ccc(Br)cc54)c(=O)n3n2)cc1. The highest BCUT2D eigenvalue weighted by molar-refractivity contribution is 9.10. The zero-order chi connectivity index (χ0) is 26.8. The van der Waals surface area contributed by atoms with Crippen LogP contribution in [0.1, 0.15) is 37.5 Å². The summed E-state index contributed by atoms with van der Waals surface area (Å²) in [6, 6.07) is 19.8. The third-order valence-electron chi connectivity index (χ3n) is 6.66. The van der Waals surface area contributed by atoms with Gasteiger partial charge in [0.1, 0.15) is 10.3 Å². The van der Waals surface area contributed by atoms with Crippen LogP contribution in [-0.2, 0) is 16.8 Å². The second-order valence-corrected chi connectivity index (χ2v) is 12.1. The van der Waals surface area contributed by atoms with Gasteiger partial charge >= 0.3 is 0 Å². The molecule has 0 unspecified atom stereocenters. The molecule has 0 atom stereocenters. The molecule has 0 radical (unpaired) electrons. The summed E-state index contributed by atoms with van der Waals surface area (Å²) in [5, 5.41) is 4.47. The van der Waals surface area contributed by atoms with Gasteiger partial charge in [0.05, 0.1) is 17.8 Å². The minimum Gasteiger partial charge on any atom is -0.303 e. The second-order valence-electron chi connectivity index (χ2n) is 10.2. The molecular formula is C29H22BrFN4O2S. The van der Waals surface area contributed by atoms with E-state index in [-0.39, 0.29) is 28.0 Å². The van der Waals surface area contributed by atoms with Crippen LogP contribution in [0.2, 0.25) is 0 Å². The molecule has 1 amide bonds. The molecule has 0 saturated carbocycles. The molecule has 5 aromatic rings. The molecule has 6 nitrogen and oxygen atoms in total. The van der Waals surface area contributed by atoms with Crippen molar-refractivity contribution in [1.82, 2.24) is 14.6 Å². The minimum atomic E-state index is -0.405. The zero-order valence-electron chi connectivity index (χ0n) is 20.8. The Labute approximate surface area is 230 Å². The Balaban J connectivity index is 1.46. The molecule has 2 aromatic heterocycles. The molecule has 6 rings (SSSR count). The van der Waals surface area contributed by atoms with Gasteiger partial charge in [0, 0.05) is 21.2 Å². The Morgan fingerprint density at radius 2 is 1.74 bits per heavy atom. The van der Waals surface area contributed by atoms with E-state index in [1.807, 2.05) is 36.4 Å².